The number of nitriles is 1. The van der Waals surface area contributed by atoms with E-state index in [0.717, 1.165) is 10.7 Å². The quantitative estimate of drug-likeness (QED) is 0.853. The van der Waals surface area contributed by atoms with Gasteiger partial charge in [-0.25, -0.2) is 0 Å². The van der Waals surface area contributed by atoms with E-state index in [1.54, 1.807) is 7.11 Å². The molecule has 1 aromatic heterocycles. The molecule has 0 aliphatic carbocycles. The maximum atomic E-state index is 8.96. The lowest BCUT2D eigenvalue weighted by Gasteiger charge is -2.25. The summed E-state index contributed by atoms with van der Waals surface area (Å²) in [6.07, 6.45) is 0. The van der Waals surface area contributed by atoms with E-state index < -0.39 is 0 Å². The first-order valence-electron chi connectivity index (χ1n) is 4.63. The van der Waals surface area contributed by atoms with Gasteiger partial charge in [-0.15, -0.1) is 0 Å². The standard InChI is InChI=1S/C10H15N3OS/c1-7-8(5-11)9(15-13-7)12-10(2,3)6-14-4/h12H,6H2,1-4H3. The van der Waals surface area contributed by atoms with Crippen LogP contribution in [0.15, 0.2) is 0 Å². The molecule has 0 aliphatic rings. The molecular weight excluding hydrogens is 210 g/mol. The molecule has 0 unspecified atom stereocenters. The molecule has 1 aromatic rings. The van der Waals surface area contributed by atoms with Crippen molar-refractivity contribution in [1.29, 1.82) is 5.26 Å². The van der Waals surface area contributed by atoms with Crippen molar-refractivity contribution < 1.29 is 4.74 Å². The van der Waals surface area contributed by atoms with Crippen molar-refractivity contribution in [2.75, 3.05) is 19.0 Å². The van der Waals surface area contributed by atoms with Crippen LogP contribution in [0.25, 0.3) is 0 Å². The molecule has 0 spiro atoms. The molecule has 1 heterocycles. The van der Waals surface area contributed by atoms with Gasteiger partial charge in [-0.1, -0.05) is 0 Å². The third-order valence-corrected chi connectivity index (χ3v) is 2.79. The van der Waals surface area contributed by atoms with E-state index in [9.17, 15) is 0 Å². The lowest BCUT2D eigenvalue weighted by Crippen LogP contribution is -2.35. The molecule has 0 aromatic carbocycles. The molecule has 5 heteroatoms. The summed E-state index contributed by atoms with van der Waals surface area (Å²) in [5.74, 6) is 0. The fourth-order valence-corrected chi connectivity index (χ4v) is 2.22. The van der Waals surface area contributed by atoms with E-state index in [-0.39, 0.29) is 5.54 Å². The Hall–Kier alpha value is -1.12. The Morgan fingerprint density at radius 3 is 2.80 bits per heavy atom. The Morgan fingerprint density at radius 1 is 1.60 bits per heavy atom. The van der Waals surface area contributed by atoms with Crippen LogP contribution in [0.4, 0.5) is 5.00 Å². The van der Waals surface area contributed by atoms with Crippen LogP contribution in [-0.4, -0.2) is 23.6 Å². The molecule has 0 radical (unpaired) electrons. The second kappa shape index (κ2) is 4.60. The fourth-order valence-electron chi connectivity index (χ4n) is 1.29. The number of hydrogen-bond donors (Lipinski definition) is 1. The molecule has 82 valence electrons. The Kier molecular flexibility index (Phi) is 3.66. The first-order valence-corrected chi connectivity index (χ1v) is 5.41. The third-order valence-electron chi connectivity index (χ3n) is 1.93. The van der Waals surface area contributed by atoms with Crippen molar-refractivity contribution in [3.8, 4) is 6.07 Å². The maximum absolute atomic E-state index is 8.96. The van der Waals surface area contributed by atoms with Gasteiger partial charge in [0.25, 0.3) is 0 Å². The summed E-state index contributed by atoms with van der Waals surface area (Å²) in [7, 11) is 1.66. The van der Waals surface area contributed by atoms with Crippen molar-refractivity contribution in [2.45, 2.75) is 26.3 Å². The average Bonchev–Trinajstić information content (AvgIpc) is 2.45. The number of methoxy groups -OCH3 is 1. The van der Waals surface area contributed by atoms with Crippen molar-refractivity contribution in [3.63, 3.8) is 0 Å². The summed E-state index contributed by atoms with van der Waals surface area (Å²) < 4.78 is 9.25. The summed E-state index contributed by atoms with van der Waals surface area (Å²) in [6, 6.07) is 2.15. The molecule has 0 aliphatic heterocycles. The number of nitrogens with one attached hydrogen (secondary N) is 1. The highest BCUT2D eigenvalue weighted by Gasteiger charge is 2.21. The fraction of sp³-hybridized carbons (Fsp3) is 0.600. The number of anilines is 1. The molecule has 15 heavy (non-hydrogen) atoms. The lowest BCUT2D eigenvalue weighted by atomic mass is 10.1. The second-order valence-corrected chi connectivity index (χ2v) is 4.80. The Bertz CT molecular complexity index is 379. The lowest BCUT2D eigenvalue weighted by molar-refractivity contribution is 0.158. The largest absolute Gasteiger partial charge is 0.382 e. The molecule has 0 saturated carbocycles. The van der Waals surface area contributed by atoms with Gasteiger partial charge < -0.3 is 10.1 Å². The van der Waals surface area contributed by atoms with Crippen LogP contribution in [0.1, 0.15) is 25.1 Å². The van der Waals surface area contributed by atoms with Gasteiger partial charge in [0.2, 0.25) is 0 Å². The minimum atomic E-state index is -0.195. The number of hydrogen-bond acceptors (Lipinski definition) is 5. The number of aromatic nitrogens is 1. The molecule has 0 bridgehead atoms. The van der Waals surface area contributed by atoms with Gasteiger partial charge in [0.05, 0.1) is 17.8 Å². The predicted molar refractivity (Wildman–Crippen MR) is 61.1 cm³/mol. The van der Waals surface area contributed by atoms with E-state index in [2.05, 4.69) is 15.8 Å². The molecule has 1 rings (SSSR count). The SMILES string of the molecule is COCC(C)(C)Nc1snc(C)c1C#N. The van der Waals surface area contributed by atoms with Gasteiger partial charge >= 0.3 is 0 Å². The van der Waals surface area contributed by atoms with Gasteiger partial charge in [-0.3, -0.25) is 0 Å². The Labute approximate surface area is 94.0 Å². The van der Waals surface area contributed by atoms with Gasteiger partial charge in [-0.2, -0.15) is 9.64 Å². The summed E-state index contributed by atoms with van der Waals surface area (Å²) in [5.41, 5.74) is 1.21. The van der Waals surface area contributed by atoms with Crippen molar-refractivity contribution in [1.82, 2.24) is 4.37 Å². The Morgan fingerprint density at radius 2 is 2.27 bits per heavy atom. The average molecular weight is 225 g/mol. The zero-order chi connectivity index (χ0) is 11.5. The second-order valence-electron chi connectivity index (χ2n) is 4.03. The third kappa shape index (κ3) is 2.91. The van der Waals surface area contributed by atoms with Crippen molar-refractivity contribution in [3.05, 3.63) is 11.3 Å². The number of rotatable bonds is 4. The molecule has 0 atom stereocenters. The smallest absolute Gasteiger partial charge is 0.128 e. The van der Waals surface area contributed by atoms with Crippen molar-refractivity contribution >= 4 is 16.5 Å². The highest BCUT2D eigenvalue weighted by atomic mass is 32.1. The van der Waals surface area contributed by atoms with Crippen LogP contribution in [-0.2, 0) is 4.74 Å². The molecule has 0 fully saturated rings. The predicted octanol–water partition coefficient (Wildman–Crippen LogP) is 2.16. The van der Waals surface area contributed by atoms with Crippen LogP contribution < -0.4 is 5.32 Å². The zero-order valence-corrected chi connectivity index (χ0v) is 10.2. The minimum absolute atomic E-state index is 0.195. The molecule has 4 nitrogen and oxygen atoms in total. The first kappa shape index (κ1) is 12.0. The van der Waals surface area contributed by atoms with Gasteiger partial charge in [0.1, 0.15) is 16.6 Å². The van der Waals surface area contributed by atoms with E-state index in [0.29, 0.717) is 12.2 Å². The van der Waals surface area contributed by atoms with Crippen LogP contribution in [0.3, 0.4) is 0 Å². The maximum Gasteiger partial charge on any atom is 0.128 e. The summed E-state index contributed by atoms with van der Waals surface area (Å²) in [4.78, 5) is 0. The summed E-state index contributed by atoms with van der Waals surface area (Å²) in [5, 5.41) is 13.0. The monoisotopic (exact) mass is 225 g/mol. The zero-order valence-electron chi connectivity index (χ0n) is 9.42. The topological polar surface area (TPSA) is 57.9 Å². The van der Waals surface area contributed by atoms with Gasteiger partial charge in [0, 0.05) is 7.11 Å². The van der Waals surface area contributed by atoms with E-state index in [4.69, 9.17) is 10.00 Å². The number of ether oxygens (including phenoxy) is 1. The summed E-state index contributed by atoms with van der Waals surface area (Å²) in [6.45, 7) is 6.46. The first-order chi connectivity index (χ1) is 7.00. The van der Waals surface area contributed by atoms with Crippen molar-refractivity contribution in [2.24, 2.45) is 0 Å². The van der Waals surface area contributed by atoms with E-state index in [1.807, 2.05) is 20.8 Å². The van der Waals surface area contributed by atoms with Gasteiger partial charge in [-0.05, 0) is 32.3 Å². The van der Waals surface area contributed by atoms with Crippen LogP contribution in [0.5, 0.6) is 0 Å². The van der Waals surface area contributed by atoms with E-state index in [1.165, 1.54) is 11.5 Å². The normalized spacial score (nSPS) is 11.1. The van der Waals surface area contributed by atoms with E-state index >= 15 is 0 Å². The van der Waals surface area contributed by atoms with Gasteiger partial charge in [0.15, 0.2) is 0 Å². The molecule has 0 saturated heterocycles. The molecular formula is C10H15N3OS. The Balaban J connectivity index is 2.86. The van der Waals surface area contributed by atoms with Crippen LogP contribution >= 0.6 is 11.5 Å². The number of nitrogens with zero attached hydrogens (tertiary/aromatic N) is 2. The van der Waals surface area contributed by atoms with Crippen LogP contribution in [0, 0.1) is 18.3 Å². The highest BCUT2D eigenvalue weighted by molar-refractivity contribution is 7.10. The highest BCUT2D eigenvalue weighted by Crippen LogP contribution is 2.26. The molecule has 0 amide bonds. The van der Waals surface area contributed by atoms with Crippen LogP contribution in [0.2, 0.25) is 0 Å². The number of aryl methyl sites for hydroxylation is 1. The summed E-state index contributed by atoms with van der Waals surface area (Å²) >= 11 is 1.31. The molecule has 1 N–H and O–H groups in total. The minimum Gasteiger partial charge on any atom is -0.382 e.